The monoisotopic (exact) mass is 485 g/mol. The number of esters is 1. The standard InChI is InChI=1S/C25H31N3O5S/c1-18-8-11-22(34(31,32)26-21-9-10-21)16-23(18)25(30)33-19(2)24(29)28-14-12-27(13-15-28)17-20-6-4-3-5-7-20/h3-8,11,16,19,21,26H,9-10,12-15,17H2,1-2H3. The second kappa shape index (κ2) is 10.2. The Morgan fingerprint density at radius 3 is 2.38 bits per heavy atom. The third kappa shape index (κ3) is 6.02. The van der Waals surface area contributed by atoms with E-state index in [2.05, 4.69) is 21.8 Å². The van der Waals surface area contributed by atoms with E-state index in [1.165, 1.54) is 17.7 Å². The number of aryl methyl sites for hydroxylation is 1. The highest BCUT2D eigenvalue weighted by Gasteiger charge is 2.30. The Bertz CT molecular complexity index is 1140. The molecular weight excluding hydrogens is 454 g/mol. The molecule has 0 radical (unpaired) electrons. The van der Waals surface area contributed by atoms with Gasteiger partial charge in [-0.05, 0) is 49.9 Å². The van der Waals surface area contributed by atoms with Gasteiger partial charge in [-0.15, -0.1) is 0 Å². The Labute approximate surface area is 200 Å². The van der Waals surface area contributed by atoms with Crippen molar-refractivity contribution in [3.63, 3.8) is 0 Å². The second-order valence-corrected chi connectivity index (χ2v) is 10.7. The van der Waals surface area contributed by atoms with Crippen molar-refractivity contribution in [3.05, 3.63) is 65.2 Å². The minimum atomic E-state index is -3.70. The Kier molecular flexibility index (Phi) is 7.35. The van der Waals surface area contributed by atoms with Gasteiger partial charge in [0.25, 0.3) is 5.91 Å². The molecule has 2 aromatic carbocycles. The van der Waals surface area contributed by atoms with E-state index in [4.69, 9.17) is 4.74 Å². The van der Waals surface area contributed by atoms with Crippen molar-refractivity contribution in [2.24, 2.45) is 0 Å². The molecule has 2 fully saturated rings. The summed E-state index contributed by atoms with van der Waals surface area (Å²) in [5.74, 6) is -0.950. The van der Waals surface area contributed by atoms with Gasteiger partial charge in [0.05, 0.1) is 10.5 Å². The highest BCUT2D eigenvalue weighted by atomic mass is 32.2. The fourth-order valence-electron chi connectivity index (χ4n) is 3.98. The number of carbonyl (C=O) groups is 2. The van der Waals surface area contributed by atoms with Crippen LogP contribution in [0.4, 0.5) is 0 Å². The molecule has 1 N–H and O–H groups in total. The van der Waals surface area contributed by atoms with Crippen molar-refractivity contribution >= 4 is 21.9 Å². The second-order valence-electron chi connectivity index (χ2n) is 9.01. The summed E-state index contributed by atoms with van der Waals surface area (Å²) in [6.07, 6.45) is 0.678. The molecule has 1 unspecified atom stereocenters. The van der Waals surface area contributed by atoms with E-state index in [-0.39, 0.29) is 22.4 Å². The summed E-state index contributed by atoms with van der Waals surface area (Å²) in [4.78, 5) is 29.7. The molecule has 2 aromatic rings. The molecule has 4 rings (SSSR count). The molecule has 182 valence electrons. The molecule has 1 heterocycles. The third-order valence-electron chi connectivity index (χ3n) is 6.20. The van der Waals surface area contributed by atoms with Crippen LogP contribution in [-0.4, -0.2) is 68.4 Å². The van der Waals surface area contributed by atoms with Crippen molar-refractivity contribution in [1.29, 1.82) is 0 Å². The first-order valence-corrected chi connectivity index (χ1v) is 13.1. The number of rotatable bonds is 8. The van der Waals surface area contributed by atoms with Gasteiger partial charge in [0.2, 0.25) is 10.0 Å². The van der Waals surface area contributed by atoms with Crippen LogP contribution in [0, 0.1) is 6.92 Å². The zero-order chi connectivity index (χ0) is 24.3. The topological polar surface area (TPSA) is 96.0 Å². The fourth-order valence-corrected chi connectivity index (χ4v) is 5.31. The lowest BCUT2D eigenvalue weighted by Crippen LogP contribution is -2.51. The number of carbonyl (C=O) groups excluding carboxylic acids is 2. The van der Waals surface area contributed by atoms with Gasteiger partial charge in [-0.1, -0.05) is 36.4 Å². The van der Waals surface area contributed by atoms with Crippen molar-refractivity contribution in [3.8, 4) is 0 Å². The molecule has 8 nitrogen and oxygen atoms in total. The van der Waals surface area contributed by atoms with Crippen molar-refractivity contribution in [1.82, 2.24) is 14.5 Å². The molecule has 1 aliphatic carbocycles. The largest absolute Gasteiger partial charge is 0.449 e. The van der Waals surface area contributed by atoms with E-state index in [0.717, 1.165) is 32.5 Å². The van der Waals surface area contributed by atoms with E-state index in [1.54, 1.807) is 24.8 Å². The third-order valence-corrected chi connectivity index (χ3v) is 7.72. The normalized spacial score (nSPS) is 17.9. The fraction of sp³-hybridized carbons (Fsp3) is 0.440. The summed E-state index contributed by atoms with van der Waals surface area (Å²) in [6.45, 7) is 6.71. The van der Waals surface area contributed by atoms with Crippen LogP contribution in [-0.2, 0) is 26.1 Å². The van der Waals surface area contributed by atoms with E-state index in [1.807, 2.05) is 18.2 Å². The number of nitrogens with one attached hydrogen (secondary N) is 1. The smallest absolute Gasteiger partial charge is 0.339 e. The minimum absolute atomic E-state index is 0.0190. The minimum Gasteiger partial charge on any atom is -0.449 e. The maximum Gasteiger partial charge on any atom is 0.339 e. The molecule has 0 bridgehead atoms. The first-order chi connectivity index (χ1) is 16.2. The molecule has 0 spiro atoms. The first-order valence-electron chi connectivity index (χ1n) is 11.6. The number of hydrogen-bond donors (Lipinski definition) is 1. The number of sulfonamides is 1. The van der Waals surface area contributed by atoms with Crippen LogP contribution in [0.3, 0.4) is 0 Å². The Morgan fingerprint density at radius 1 is 1.06 bits per heavy atom. The number of hydrogen-bond acceptors (Lipinski definition) is 6. The Hall–Kier alpha value is -2.75. The van der Waals surface area contributed by atoms with Crippen LogP contribution in [0.5, 0.6) is 0 Å². The Morgan fingerprint density at radius 2 is 1.74 bits per heavy atom. The number of benzene rings is 2. The average molecular weight is 486 g/mol. The lowest BCUT2D eigenvalue weighted by Gasteiger charge is -2.35. The predicted molar refractivity (Wildman–Crippen MR) is 128 cm³/mol. The van der Waals surface area contributed by atoms with E-state index < -0.39 is 22.1 Å². The summed E-state index contributed by atoms with van der Waals surface area (Å²) in [5, 5.41) is 0. The van der Waals surface area contributed by atoms with Gasteiger partial charge < -0.3 is 9.64 Å². The number of nitrogens with zero attached hydrogens (tertiary/aromatic N) is 2. The molecule has 9 heteroatoms. The molecule has 1 atom stereocenters. The van der Waals surface area contributed by atoms with Gasteiger partial charge in [0, 0.05) is 38.8 Å². The SMILES string of the molecule is Cc1ccc(S(=O)(=O)NC2CC2)cc1C(=O)OC(C)C(=O)N1CCN(Cc2ccccc2)CC1. The van der Waals surface area contributed by atoms with Crippen molar-refractivity contribution in [2.45, 2.75) is 50.3 Å². The summed E-state index contributed by atoms with van der Waals surface area (Å²) < 4.78 is 33.1. The van der Waals surface area contributed by atoms with Crippen molar-refractivity contribution < 1.29 is 22.7 Å². The van der Waals surface area contributed by atoms with Crippen LogP contribution in [0.25, 0.3) is 0 Å². The van der Waals surface area contributed by atoms with Gasteiger partial charge in [0.15, 0.2) is 6.10 Å². The quantitative estimate of drug-likeness (QED) is 0.577. The lowest BCUT2D eigenvalue weighted by atomic mass is 10.1. The van der Waals surface area contributed by atoms with Gasteiger partial charge in [-0.2, -0.15) is 0 Å². The van der Waals surface area contributed by atoms with Gasteiger partial charge in [-0.25, -0.2) is 17.9 Å². The molecule has 1 aliphatic heterocycles. The van der Waals surface area contributed by atoms with Crippen LogP contribution < -0.4 is 4.72 Å². The van der Waals surface area contributed by atoms with Crippen molar-refractivity contribution in [2.75, 3.05) is 26.2 Å². The number of amides is 1. The maximum atomic E-state index is 12.9. The van der Waals surface area contributed by atoms with Crippen LogP contribution in [0.2, 0.25) is 0 Å². The predicted octanol–water partition coefficient (Wildman–Crippen LogP) is 2.33. The highest BCUT2D eigenvalue weighted by molar-refractivity contribution is 7.89. The van der Waals surface area contributed by atoms with Gasteiger partial charge in [-0.3, -0.25) is 9.69 Å². The highest BCUT2D eigenvalue weighted by Crippen LogP contribution is 2.24. The van der Waals surface area contributed by atoms with Crippen LogP contribution in [0.15, 0.2) is 53.4 Å². The van der Waals surface area contributed by atoms with Crippen LogP contribution in [0.1, 0.15) is 41.3 Å². The van der Waals surface area contributed by atoms with Gasteiger partial charge in [0.1, 0.15) is 0 Å². The zero-order valence-electron chi connectivity index (χ0n) is 19.6. The van der Waals surface area contributed by atoms with Crippen LogP contribution >= 0.6 is 0 Å². The van der Waals surface area contributed by atoms with E-state index in [0.29, 0.717) is 18.7 Å². The summed E-state index contributed by atoms with van der Waals surface area (Å²) in [7, 11) is -3.70. The van der Waals surface area contributed by atoms with E-state index in [9.17, 15) is 18.0 Å². The molecule has 1 saturated carbocycles. The summed E-state index contributed by atoms with van der Waals surface area (Å²) in [6, 6.07) is 14.5. The number of ether oxygens (including phenoxy) is 1. The summed E-state index contributed by atoms with van der Waals surface area (Å²) >= 11 is 0. The molecule has 0 aromatic heterocycles. The Balaban J connectivity index is 1.33. The lowest BCUT2D eigenvalue weighted by molar-refractivity contribution is -0.141. The van der Waals surface area contributed by atoms with E-state index >= 15 is 0 Å². The molecule has 34 heavy (non-hydrogen) atoms. The zero-order valence-corrected chi connectivity index (χ0v) is 20.4. The molecule has 2 aliphatic rings. The number of piperazine rings is 1. The molecule has 1 amide bonds. The molecule has 1 saturated heterocycles. The summed E-state index contributed by atoms with van der Waals surface area (Å²) in [5.41, 5.74) is 1.96. The maximum absolute atomic E-state index is 12.9. The molecular formula is C25H31N3O5S. The van der Waals surface area contributed by atoms with Gasteiger partial charge >= 0.3 is 5.97 Å². The average Bonchev–Trinajstić information content (AvgIpc) is 3.63. The first kappa shape index (κ1) is 24.4.